The summed E-state index contributed by atoms with van der Waals surface area (Å²) in [4.78, 5) is 70.8. The maximum absolute atomic E-state index is 14.2. The number of hydrogen-bond donors (Lipinski definition) is 5. The molecule has 0 bridgehead atoms. The molecular weight excluding hydrogens is 596 g/mol. The third-order valence-corrected chi connectivity index (χ3v) is 8.47. The molecule has 3 aromatic carbocycles. The lowest BCUT2D eigenvalue weighted by Crippen LogP contribution is -2.59. The number of fused-ring (bicyclic) bond motifs is 1. The first kappa shape index (κ1) is 32.9. The van der Waals surface area contributed by atoms with Crippen molar-refractivity contribution in [3.63, 3.8) is 0 Å². The summed E-state index contributed by atoms with van der Waals surface area (Å²) < 4.78 is 0. The summed E-state index contributed by atoms with van der Waals surface area (Å²) in [5, 5.41) is 9.38. The van der Waals surface area contributed by atoms with Gasteiger partial charge in [0.1, 0.15) is 24.2 Å². The Kier molecular flexibility index (Phi) is 10.7. The van der Waals surface area contributed by atoms with Crippen LogP contribution in [-0.4, -0.2) is 70.1 Å². The molecule has 1 saturated heterocycles. The van der Waals surface area contributed by atoms with Gasteiger partial charge in [0.05, 0.1) is 0 Å². The average molecular weight is 637 g/mol. The maximum Gasteiger partial charge on any atom is 0.246 e. The van der Waals surface area contributed by atoms with Crippen LogP contribution in [0.1, 0.15) is 36.5 Å². The maximum atomic E-state index is 14.2. The van der Waals surface area contributed by atoms with E-state index >= 15 is 0 Å². The molecule has 5 rings (SSSR count). The number of rotatable bonds is 13. The Balaban J connectivity index is 1.44. The number of H-pyrrole nitrogens is 1. The number of hydrogen-bond acceptors (Lipinski definition) is 5. The van der Waals surface area contributed by atoms with Crippen LogP contribution in [0.25, 0.3) is 10.9 Å². The lowest BCUT2D eigenvalue weighted by Gasteiger charge is -2.29. The molecule has 11 nitrogen and oxygen atoms in total. The first-order chi connectivity index (χ1) is 22.7. The fourth-order valence-electron chi connectivity index (χ4n) is 6.16. The van der Waals surface area contributed by atoms with Crippen molar-refractivity contribution in [3.8, 4) is 0 Å². The first-order valence-electron chi connectivity index (χ1n) is 15.8. The summed E-state index contributed by atoms with van der Waals surface area (Å²) in [5.41, 5.74) is 8.93. The zero-order chi connectivity index (χ0) is 33.3. The number of carbonyl (C=O) groups excluding carboxylic acids is 5. The zero-order valence-corrected chi connectivity index (χ0v) is 26.3. The monoisotopic (exact) mass is 636 g/mol. The van der Waals surface area contributed by atoms with E-state index in [0.717, 1.165) is 27.6 Å². The molecule has 2 heterocycles. The second kappa shape index (κ2) is 15.2. The first-order valence-corrected chi connectivity index (χ1v) is 15.8. The minimum atomic E-state index is -1.11. The molecule has 1 fully saturated rings. The molecular formula is C36H40N6O5. The molecule has 0 aliphatic carbocycles. The van der Waals surface area contributed by atoms with Crippen LogP contribution in [-0.2, 0) is 43.2 Å². The second-order valence-corrected chi connectivity index (χ2v) is 11.9. The Labute approximate surface area is 273 Å². The predicted molar refractivity (Wildman–Crippen MR) is 178 cm³/mol. The average Bonchev–Trinajstić information content (AvgIpc) is 3.72. The van der Waals surface area contributed by atoms with Crippen molar-refractivity contribution in [1.82, 2.24) is 25.8 Å². The van der Waals surface area contributed by atoms with Gasteiger partial charge in [-0.1, -0.05) is 78.9 Å². The van der Waals surface area contributed by atoms with Gasteiger partial charge in [-0.05, 0) is 35.6 Å². The highest BCUT2D eigenvalue weighted by molar-refractivity contribution is 5.96. The van der Waals surface area contributed by atoms with Gasteiger partial charge in [0.2, 0.25) is 29.5 Å². The van der Waals surface area contributed by atoms with Crippen LogP contribution in [0, 0.1) is 0 Å². The Bertz CT molecular complexity index is 1720. The fourth-order valence-corrected chi connectivity index (χ4v) is 6.16. The summed E-state index contributed by atoms with van der Waals surface area (Å²) in [6, 6.07) is 22.3. The standard InChI is InChI=1S/C36H40N6O5/c1-23(43)39-29(19-24-11-4-2-5-12-24)34(45)40-30(21-26-22-38-28-16-9-8-15-27(26)28)35(46)41-31(20-25-13-6-3-7-14-25)36(47)42-18-10-17-32(42)33(37)44/h2-9,11-16,22,29-32,38H,10,17-21H2,1H3,(H2,37,44)(H,39,43)(H,40,45)(H,41,46)/t29-,30+,31-,32+/m0/s1. The van der Waals surface area contributed by atoms with E-state index < -0.39 is 47.8 Å². The molecule has 0 saturated carbocycles. The number of benzene rings is 3. The van der Waals surface area contributed by atoms with E-state index in [0.29, 0.717) is 19.4 Å². The van der Waals surface area contributed by atoms with Crippen LogP contribution in [0.5, 0.6) is 0 Å². The van der Waals surface area contributed by atoms with Gasteiger partial charge in [-0.15, -0.1) is 0 Å². The van der Waals surface area contributed by atoms with Gasteiger partial charge in [-0.3, -0.25) is 24.0 Å². The van der Waals surface area contributed by atoms with Crippen molar-refractivity contribution in [1.29, 1.82) is 0 Å². The molecule has 11 heteroatoms. The number of aromatic nitrogens is 1. The molecule has 1 aliphatic heterocycles. The molecule has 5 amide bonds. The third kappa shape index (κ3) is 8.43. The summed E-state index contributed by atoms with van der Waals surface area (Å²) in [7, 11) is 0. The summed E-state index contributed by atoms with van der Waals surface area (Å²) >= 11 is 0. The van der Waals surface area contributed by atoms with Gasteiger partial charge in [0.15, 0.2) is 0 Å². The van der Waals surface area contributed by atoms with Crippen LogP contribution in [0.15, 0.2) is 91.1 Å². The Morgan fingerprint density at radius 2 is 1.32 bits per heavy atom. The van der Waals surface area contributed by atoms with E-state index in [9.17, 15) is 24.0 Å². The van der Waals surface area contributed by atoms with Crippen molar-refractivity contribution in [2.75, 3.05) is 6.54 Å². The van der Waals surface area contributed by atoms with E-state index in [1.807, 2.05) is 84.9 Å². The number of primary amides is 1. The van der Waals surface area contributed by atoms with E-state index in [1.165, 1.54) is 11.8 Å². The third-order valence-electron chi connectivity index (χ3n) is 8.47. The lowest BCUT2D eigenvalue weighted by molar-refractivity contribution is -0.141. The van der Waals surface area contributed by atoms with E-state index in [-0.39, 0.29) is 25.2 Å². The van der Waals surface area contributed by atoms with Gasteiger partial charge in [0, 0.05) is 49.8 Å². The van der Waals surface area contributed by atoms with Crippen molar-refractivity contribution in [2.24, 2.45) is 5.73 Å². The van der Waals surface area contributed by atoms with Gasteiger partial charge in [-0.2, -0.15) is 0 Å². The minimum absolute atomic E-state index is 0.111. The Hall–Kier alpha value is -5.45. The molecule has 1 aliphatic rings. The summed E-state index contributed by atoms with van der Waals surface area (Å²) in [5.74, 6) is -2.51. The molecule has 0 spiro atoms. The van der Waals surface area contributed by atoms with Crippen LogP contribution >= 0.6 is 0 Å². The number of para-hydroxylation sites is 1. The normalized spacial score (nSPS) is 16.2. The van der Waals surface area contributed by atoms with Crippen LogP contribution in [0.4, 0.5) is 0 Å². The topological polar surface area (TPSA) is 166 Å². The van der Waals surface area contributed by atoms with E-state index in [1.54, 1.807) is 6.20 Å². The van der Waals surface area contributed by atoms with Crippen LogP contribution in [0.3, 0.4) is 0 Å². The summed E-state index contributed by atoms with van der Waals surface area (Å²) in [6.45, 7) is 1.68. The highest BCUT2D eigenvalue weighted by atomic mass is 16.2. The highest BCUT2D eigenvalue weighted by Gasteiger charge is 2.38. The number of nitrogens with zero attached hydrogens (tertiary/aromatic N) is 1. The summed E-state index contributed by atoms with van der Waals surface area (Å²) in [6.07, 6.45) is 3.37. The van der Waals surface area contributed by atoms with Crippen molar-refractivity contribution >= 4 is 40.4 Å². The quantitative estimate of drug-likeness (QED) is 0.151. The smallest absolute Gasteiger partial charge is 0.246 e. The predicted octanol–water partition coefficient (Wildman–Crippen LogP) is 2.15. The van der Waals surface area contributed by atoms with E-state index in [2.05, 4.69) is 20.9 Å². The zero-order valence-electron chi connectivity index (χ0n) is 26.3. The Morgan fingerprint density at radius 3 is 1.94 bits per heavy atom. The van der Waals surface area contributed by atoms with E-state index in [4.69, 9.17) is 5.73 Å². The van der Waals surface area contributed by atoms with Crippen molar-refractivity contribution in [2.45, 2.75) is 63.2 Å². The molecule has 4 aromatic rings. The number of aromatic amines is 1. The largest absolute Gasteiger partial charge is 0.368 e. The minimum Gasteiger partial charge on any atom is -0.368 e. The molecule has 0 radical (unpaired) electrons. The van der Waals surface area contributed by atoms with Crippen molar-refractivity contribution < 1.29 is 24.0 Å². The van der Waals surface area contributed by atoms with Gasteiger partial charge in [0.25, 0.3) is 0 Å². The molecule has 47 heavy (non-hydrogen) atoms. The fraction of sp³-hybridized carbons (Fsp3) is 0.306. The van der Waals surface area contributed by atoms with Gasteiger partial charge < -0.3 is 31.6 Å². The molecule has 4 atom stereocenters. The van der Waals surface area contributed by atoms with Crippen LogP contribution in [0.2, 0.25) is 0 Å². The SMILES string of the molecule is CC(=O)N[C@@H](Cc1ccccc1)C(=O)N[C@H](Cc1c[nH]c2ccccc12)C(=O)N[C@@H](Cc1ccccc1)C(=O)N1CCC[C@@H]1C(N)=O. The number of likely N-dealkylation sites (tertiary alicyclic amines) is 1. The molecule has 0 unspecified atom stereocenters. The molecule has 1 aromatic heterocycles. The molecule has 244 valence electrons. The number of nitrogens with one attached hydrogen (secondary N) is 4. The molecule has 6 N–H and O–H groups in total. The highest BCUT2D eigenvalue weighted by Crippen LogP contribution is 2.21. The van der Waals surface area contributed by atoms with Crippen LogP contribution < -0.4 is 21.7 Å². The number of nitrogens with two attached hydrogens (primary N) is 1. The number of amides is 5. The number of carbonyl (C=O) groups is 5. The second-order valence-electron chi connectivity index (χ2n) is 11.9. The Morgan fingerprint density at radius 1 is 0.766 bits per heavy atom. The lowest BCUT2D eigenvalue weighted by atomic mass is 10.0. The van der Waals surface area contributed by atoms with Crippen molar-refractivity contribution in [3.05, 3.63) is 108 Å². The van der Waals surface area contributed by atoms with Gasteiger partial charge in [-0.25, -0.2) is 0 Å². The van der Waals surface area contributed by atoms with Gasteiger partial charge >= 0.3 is 0 Å².